The largest absolute Gasteiger partial charge is 0.495 e. The monoisotopic (exact) mass is 229 g/mol. The molecule has 0 fully saturated rings. The van der Waals surface area contributed by atoms with Crippen LogP contribution in [0.15, 0.2) is 18.2 Å². The maximum absolute atomic E-state index is 11.4. The summed E-state index contributed by atoms with van der Waals surface area (Å²) >= 11 is 5.85. The van der Waals surface area contributed by atoms with E-state index in [4.69, 9.17) is 21.4 Å². The molecular formula is C10H12ClNO3. The maximum Gasteiger partial charge on any atom is 0.251 e. The number of aliphatic hydroxyl groups excluding tert-OH is 1. The fourth-order valence-corrected chi connectivity index (χ4v) is 1.34. The standard InChI is InChI=1S/C10H12ClNO3/c1-15-9-3-2-7(6-8(9)11)10(14)12-4-5-13/h2-3,6,13H,4-5H2,1H3,(H,12,14). The molecule has 5 heteroatoms. The van der Waals surface area contributed by atoms with Gasteiger partial charge in [0.1, 0.15) is 5.75 Å². The van der Waals surface area contributed by atoms with Crippen molar-refractivity contribution in [1.29, 1.82) is 0 Å². The zero-order valence-corrected chi connectivity index (χ0v) is 9.04. The summed E-state index contributed by atoms with van der Waals surface area (Å²) in [7, 11) is 1.51. The van der Waals surface area contributed by atoms with Crippen LogP contribution in [-0.4, -0.2) is 31.3 Å². The van der Waals surface area contributed by atoms with Crippen molar-refractivity contribution in [2.45, 2.75) is 0 Å². The Morgan fingerprint density at radius 3 is 2.87 bits per heavy atom. The molecule has 0 aromatic heterocycles. The molecule has 0 radical (unpaired) electrons. The van der Waals surface area contributed by atoms with Crippen LogP contribution in [0.25, 0.3) is 0 Å². The lowest BCUT2D eigenvalue weighted by Crippen LogP contribution is -2.26. The number of hydrogen-bond donors (Lipinski definition) is 2. The number of rotatable bonds is 4. The van der Waals surface area contributed by atoms with Crippen LogP contribution in [0, 0.1) is 0 Å². The third kappa shape index (κ3) is 3.11. The minimum atomic E-state index is -0.270. The molecule has 82 valence electrons. The van der Waals surface area contributed by atoms with Gasteiger partial charge in [-0.1, -0.05) is 11.6 Å². The Morgan fingerprint density at radius 2 is 2.33 bits per heavy atom. The molecule has 4 nitrogen and oxygen atoms in total. The van der Waals surface area contributed by atoms with Gasteiger partial charge in [0.05, 0.1) is 18.7 Å². The fourth-order valence-electron chi connectivity index (χ4n) is 1.08. The Kier molecular flexibility index (Phi) is 4.39. The lowest BCUT2D eigenvalue weighted by molar-refractivity contribution is 0.0945. The van der Waals surface area contributed by atoms with Gasteiger partial charge in [0.2, 0.25) is 0 Å². The molecule has 0 saturated heterocycles. The first-order chi connectivity index (χ1) is 7.19. The van der Waals surface area contributed by atoms with Crippen LogP contribution in [0.3, 0.4) is 0 Å². The second-order valence-corrected chi connectivity index (χ2v) is 3.24. The molecular weight excluding hydrogens is 218 g/mol. The molecule has 0 spiro atoms. The smallest absolute Gasteiger partial charge is 0.251 e. The van der Waals surface area contributed by atoms with Gasteiger partial charge in [0, 0.05) is 12.1 Å². The van der Waals surface area contributed by atoms with E-state index in [9.17, 15) is 4.79 Å². The van der Waals surface area contributed by atoms with Crippen molar-refractivity contribution in [3.8, 4) is 5.75 Å². The van der Waals surface area contributed by atoms with Gasteiger partial charge in [-0.3, -0.25) is 4.79 Å². The molecule has 0 saturated carbocycles. The zero-order valence-electron chi connectivity index (χ0n) is 8.29. The quantitative estimate of drug-likeness (QED) is 0.812. The Hall–Kier alpha value is -1.26. The van der Waals surface area contributed by atoms with Crippen molar-refractivity contribution in [1.82, 2.24) is 5.32 Å². The second-order valence-electron chi connectivity index (χ2n) is 2.83. The summed E-state index contributed by atoms with van der Waals surface area (Å²) in [6, 6.07) is 4.75. The molecule has 1 aromatic carbocycles. The Labute approximate surface area is 92.8 Å². The Balaban J connectivity index is 2.78. The van der Waals surface area contributed by atoms with Crippen molar-refractivity contribution in [3.05, 3.63) is 28.8 Å². The highest BCUT2D eigenvalue weighted by Gasteiger charge is 2.07. The Bertz CT molecular complexity index is 355. The van der Waals surface area contributed by atoms with E-state index in [1.165, 1.54) is 13.2 Å². The second kappa shape index (κ2) is 5.58. The predicted octanol–water partition coefficient (Wildman–Crippen LogP) is 1.07. The fraction of sp³-hybridized carbons (Fsp3) is 0.300. The number of hydrogen-bond acceptors (Lipinski definition) is 3. The zero-order chi connectivity index (χ0) is 11.3. The van der Waals surface area contributed by atoms with Gasteiger partial charge in [-0.2, -0.15) is 0 Å². The first-order valence-electron chi connectivity index (χ1n) is 4.41. The lowest BCUT2D eigenvalue weighted by Gasteiger charge is -2.06. The number of benzene rings is 1. The van der Waals surface area contributed by atoms with Crippen molar-refractivity contribution in [3.63, 3.8) is 0 Å². The molecule has 0 unspecified atom stereocenters. The summed E-state index contributed by atoms with van der Waals surface area (Å²) in [6.07, 6.45) is 0. The van der Waals surface area contributed by atoms with E-state index < -0.39 is 0 Å². The van der Waals surface area contributed by atoms with Crippen molar-refractivity contribution >= 4 is 17.5 Å². The number of carbonyl (C=O) groups is 1. The number of halogens is 1. The van der Waals surface area contributed by atoms with E-state index >= 15 is 0 Å². The maximum atomic E-state index is 11.4. The van der Waals surface area contributed by atoms with Gasteiger partial charge in [0.25, 0.3) is 5.91 Å². The van der Waals surface area contributed by atoms with Crippen LogP contribution in [0.4, 0.5) is 0 Å². The molecule has 1 amide bonds. The molecule has 0 atom stereocenters. The highest BCUT2D eigenvalue weighted by molar-refractivity contribution is 6.32. The summed E-state index contributed by atoms with van der Waals surface area (Å²) in [4.78, 5) is 11.4. The summed E-state index contributed by atoms with van der Waals surface area (Å²) in [6.45, 7) is 0.137. The summed E-state index contributed by atoms with van der Waals surface area (Å²) in [5, 5.41) is 11.4. The van der Waals surface area contributed by atoms with E-state index in [0.717, 1.165) is 0 Å². The SMILES string of the molecule is COc1ccc(C(=O)NCCO)cc1Cl. The topological polar surface area (TPSA) is 58.6 Å². The number of ether oxygens (including phenoxy) is 1. The number of carbonyl (C=O) groups excluding carboxylic acids is 1. The third-order valence-corrected chi connectivity index (χ3v) is 2.11. The van der Waals surface area contributed by atoms with Gasteiger partial charge < -0.3 is 15.2 Å². The number of aliphatic hydroxyl groups is 1. The van der Waals surface area contributed by atoms with E-state index in [1.54, 1.807) is 12.1 Å². The highest BCUT2D eigenvalue weighted by Crippen LogP contribution is 2.24. The summed E-state index contributed by atoms with van der Waals surface area (Å²) in [5.74, 6) is 0.254. The van der Waals surface area contributed by atoms with Gasteiger partial charge in [-0.25, -0.2) is 0 Å². The van der Waals surface area contributed by atoms with Gasteiger partial charge in [-0.05, 0) is 18.2 Å². The van der Waals surface area contributed by atoms with Crippen molar-refractivity contribution in [2.75, 3.05) is 20.3 Å². The highest BCUT2D eigenvalue weighted by atomic mass is 35.5. The number of nitrogens with one attached hydrogen (secondary N) is 1. The molecule has 0 heterocycles. The first-order valence-corrected chi connectivity index (χ1v) is 4.79. The first kappa shape index (κ1) is 11.8. The lowest BCUT2D eigenvalue weighted by atomic mass is 10.2. The minimum absolute atomic E-state index is 0.0877. The summed E-state index contributed by atoms with van der Waals surface area (Å²) < 4.78 is 4.96. The van der Waals surface area contributed by atoms with Crippen LogP contribution >= 0.6 is 11.6 Å². The Morgan fingerprint density at radius 1 is 1.60 bits per heavy atom. The number of amides is 1. The average Bonchev–Trinajstić information content (AvgIpc) is 2.25. The van der Waals surface area contributed by atoms with Crippen molar-refractivity contribution in [2.24, 2.45) is 0 Å². The molecule has 15 heavy (non-hydrogen) atoms. The van der Waals surface area contributed by atoms with Crippen LogP contribution in [0.1, 0.15) is 10.4 Å². The molecule has 0 bridgehead atoms. The molecule has 2 N–H and O–H groups in total. The number of methoxy groups -OCH3 is 1. The molecule has 0 aliphatic heterocycles. The molecule has 1 rings (SSSR count). The van der Waals surface area contributed by atoms with Crippen LogP contribution in [0.2, 0.25) is 5.02 Å². The van der Waals surface area contributed by atoms with Crippen LogP contribution < -0.4 is 10.1 Å². The normalized spacial score (nSPS) is 9.80. The van der Waals surface area contributed by atoms with Crippen LogP contribution in [-0.2, 0) is 0 Å². The molecule has 1 aromatic rings. The molecule has 0 aliphatic carbocycles. The van der Waals surface area contributed by atoms with Crippen LogP contribution in [0.5, 0.6) is 5.75 Å². The predicted molar refractivity (Wildman–Crippen MR) is 57.4 cm³/mol. The molecule has 0 aliphatic rings. The third-order valence-electron chi connectivity index (χ3n) is 1.81. The van der Waals surface area contributed by atoms with Gasteiger partial charge in [0.15, 0.2) is 0 Å². The summed E-state index contributed by atoms with van der Waals surface area (Å²) in [5.41, 5.74) is 0.439. The van der Waals surface area contributed by atoms with Gasteiger partial charge in [-0.15, -0.1) is 0 Å². The van der Waals surface area contributed by atoms with E-state index in [2.05, 4.69) is 5.32 Å². The van der Waals surface area contributed by atoms with E-state index in [1.807, 2.05) is 0 Å². The minimum Gasteiger partial charge on any atom is -0.495 e. The van der Waals surface area contributed by atoms with E-state index in [-0.39, 0.29) is 19.1 Å². The average molecular weight is 230 g/mol. The van der Waals surface area contributed by atoms with Crippen molar-refractivity contribution < 1.29 is 14.6 Å². The van der Waals surface area contributed by atoms with Gasteiger partial charge >= 0.3 is 0 Å². The van der Waals surface area contributed by atoms with E-state index in [0.29, 0.717) is 16.3 Å².